The van der Waals surface area contributed by atoms with Crippen molar-refractivity contribution in [3.63, 3.8) is 0 Å². The fourth-order valence-corrected chi connectivity index (χ4v) is 2.78. The molecule has 154 valence electrons. The van der Waals surface area contributed by atoms with Gasteiger partial charge in [-0.3, -0.25) is 9.59 Å². The van der Waals surface area contributed by atoms with E-state index in [1.807, 2.05) is 32.9 Å². The Bertz CT molecular complexity index is 873. The van der Waals surface area contributed by atoms with Crippen LogP contribution in [-0.4, -0.2) is 37.5 Å². The van der Waals surface area contributed by atoms with Gasteiger partial charge in [0.05, 0.1) is 6.54 Å². The van der Waals surface area contributed by atoms with Gasteiger partial charge >= 0.3 is 5.97 Å². The number of ether oxygens (including phenoxy) is 2. The standard InChI is InChI=1S/C21H23ClN2O5/c1-13-8-14(2)21(15(3)9-13)24-18(25)10-23-19(26)11-29-20(27)12-28-17-6-4-16(22)5-7-17/h4-9H,10-12H2,1-3H3,(H,23,26)(H,24,25). The highest BCUT2D eigenvalue weighted by molar-refractivity contribution is 6.30. The molecule has 7 nitrogen and oxygen atoms in total. The predicted molar refractivity (Wildman–Crippen MR) is 110 cm³/mol. The van der Waals surface area contributed by atoms with Crippen LogP contribution < -0.4 is 15.4 Å². The molecule has 29 heavy (non-hydrogen) atoms. The first-order chi connectivity index (χ1) is 13.7. The minimum absolute atomic E-state index is 0.232. The molecule has 0 aliphatic carbocycles. The third-order valence-corrected chi connectivity index (χ3v) is 4.17. The third kappa shape index (κ3) is 7.46. The Morgan fingerprint density at radius 2 is 1.55 bits per heavy atom. The Morgan fingerprint density at radius 3 is 2.17 bits per heavy atom. The molecule has 2 amide bonds. The van der Waals surface area contributed by atoms with E-state index in [2.05, 4.69) is 10.6 Å². The number of carbonyl (C=O) groups is 3. The summed E-state index contributed by atoms with van der Waals surface area (Å²) in [5, 5.41) is 5.73. The molecule has 0 fully saturated rings. The lowest BCUT2D eigenvalue weighted by atomic mass is 10.1. The van der Waals surface area contributed by atoms with Gasteiger partial charge in [-0.1, -0.05) is 29.3 Å². The van der Waals surface area contributed by atoms with E-state index >= 15 is 0 Å². The first-order valence-electron chi connectivity index (χ1n) is 8.93. The number of nitrogens with one attached hydrogen (secondary N) is 2. The Morgan fingerprint density at radius 1 is 0.931 bits per heavy atom. The molecular formula is C21H23ClN2O5. The molecule has 0 aliphatic rings. The molecule has 0 saturated carbocycles. The number of benzene rings is 2. The number of rotatable bonds is 8. The zero-order chi connectivity index (χ0) is 21.4. The number of hydrogen-bond donors (Lipinski definition) is 2. The van der Waals surface area contributed by atoms with Crippen molar-refractivity contribution in [1.82, 2.24) is 5.32 Å². The van der Waals surface area contributed by atoms with E-state index < -0.39 is 18.5 Å². The summed E-state index contributed by atoms with van der Waals surface area (Å²) in [5.74, 6) is -1.21. The van der Waals surface area contributed by atoms with E-state index in [-0.39, 0.29) is 19.1 Å². The van der Waals surface area contributed by atoms with Crippen LogP contribution in [0.1, 0.15) is 16.7 Å². The van der Waals surface area contributed by atoms with Crippen molar-refractivity contribution >= 4 is 35.1 Å². The van der Waals surface area contributed by atoms with Gasteiger partial charge in [0.1, 0.15) is 5.75 Å². The van der Waals surface area contributed by atoms with Crippen LogP contribution in [0.2, 0.25) is 5.02 Å². The molecule has 0 atom stereocenters. The largest absolute Gasteiger partial charge is 0.482 e. The van der Waals surface area contributed by atoms with Crippen molar-refractivity contribution in [3.8, 4) is 5.75 Å². The summed E-state index contributed by atoms with van der Waals surface area (Å²) in [6, 6.07) is 10.4. The summed E-state index contributed by atoms with van der Waals surface area (Å²) in [6.45, 7) is 4.71. The van der Waals surface area contributed by atoms with Gasteiger partial charge in [-0.25, -0.2) is 4.79 Å². The highest BCUT2D eigenvalue weighted by Crippen LogP contribution is 2.21. The second-order valence-electron chi connectivity index (χ2n) is 6.50. The van der Waals surface area contributed by atoms with Gasteiger partial charge in [-0.15, -0.1) is 0 Å². The summed E-state index contributed by atoms with van der Waals surface area (Å²) < 4.78 is 10.0. The maximum absolute atomic E-state index is 12.1. The number of aryl methyl sites for hydroxylation is 3. The van der Waals surface area contributed by atoms with Crippen molar-refractivity contribution in [1.29, 1.82) is 0 Å². The lowest BCUT2D eigenvalue weighted by Gasteiger charge is -2.13. The second kappa shape index (κ2) is 10.5. The highest BCUT2D eigenvalue weighted by atomic mass is 35.5. The van der Waals surface area contributed by atoms with E-state index in [0.717, 1.165) is 22.4 Å². The van der Waals surface area contributed by atoms with Gasteiger partial charge in [0, 0.05) is 10.7 Å². The minimum atomic E-state index is -0.703. The van der Waals surface area contributed by atoms with Gasteiger partial charge in [0.15, 0.2) is 13.2 Å². The number of amides is 2. The molecule has 2 aromatic rings. The summed E-state index contributed by atoms with van der Waals surface area (Å²) in [5.41, 5.74) is 3.71. The van der Waals surface area contributed by atoms with Crippen molar-refractivity contribution in [3.05, 3.63) is 58.1 Å². The third-order valence-electron chi connectivity index (χ3n) is 3.92. The topological polar surface area (TPSA) is 93.7 Å². The lowest BCUT2D eigenvalue weighted by molar-refractivity contribution is -0.150. The molecular weight excluding hydrogens is 396 g/mol. The van der Waals surface area contributed by atoms with Crippen molar-refractivity contribution in [2.45, 2.75) is 20.8 Å². The van der Waals surface area contributed by atoms with E-state index in [1.54, 1.807) is 24.3 Å². The summed E-state index contributed by atoms with van der Waals surface area (Å²) in [7, 11) is 0. The van der Waals surface area contributed by atoms with Gasteiger partial charge in [-0.05, 0) is 56.2 Å². The van der Waals surface area contributed by atoms with E-state index in [0.29, 0.717) is 10.8 Å². The van der Waals surface area contributed by atoms with Crippen LogP contribution in [0.15, 0.2) is 36.4 Å². The van der Waals surface area contributed by atoms with Gasteiger partial charge < -0.3 is 20.1 Å². The summed E-state index contributed by atoms with van der Waals surface area (Å²) in [6.07, 6.45) is 0. The molecule has 2 aromatic carbocycles. The van der Waals surface area contributed by atoms with Crippen molar-refractivity contribution < 1.29 is 23.9 Å². The maximum Gasteiger partial charge on any atom is 0.344 e. The van der Waals surface area contributed by atoms with Crippen LogP contribution in [0.3, 0.4) is 0 Å². The fraction of sp³-hybridized carbons (Fsp3) is 0.286. The first kappa shape index (κ1) is 22.2. The Balaban J connectivity index is 1.69. The minimum Gasteiger partial charge on any atom is -0.482 e. The number of anilines is 1. The van der Waals surface area contributed by atoms with Gasteiger partial charge in [-0.2, -0.15) is 0 Å². The fourth-order valence-electron chi connectivity index (χ4n) is 2.65. The number of hydrogen-bond acceptors (Lipinski definition) is 5. The molecule has 0 saturated heterocycles. The van der Waals surface area contributed by atoms with Crippen LogP contribution in [0, 0.1) is 20.8 Å². The van der Waals surface area contributed by atoms with Gasteiger partial charge in [0.25, 0.3) is 5.91 Å². The zero-order valence-corrected chi connectivity index (χ0v) is 17.3. The Hall–Kier alpha value is -3.06. The number of carbonyl (C=O) groups excluding carboxylic acids is 3. The SMILES string of the molecule is Cc1cc(C)c(NC(=O)CNC(=O)COC(=O)COc2ccc(Cl)cc2)c(C)c1. The van der Waals surface area contributed by atoms with E-state index in [1.165, 1.54) is 0 Å². The molecule has 0 spiro atoms. The molecule has 0 heterocycles. The van der Waals surface area contributed by atoms with Gasteiger partial charge in [0.2, 0.25) is 5.91 Å². The Labute approximate surface area is 174 Å². The predicted octanol–water partition coefficient (Wildman–Crippen LogP) is 2.94. The molecule has 2 rings (SSSR count). The average molecular weight is 419 g/mol. The van der Waals surface area contributed by atoms with Crippen LogP contribution in [0.5, 0.6) is 5.75 Å². The van der Waals surface area contributed by atoms with Crippen LogP contribution >= 0.6 is 11.6 Å². The molecule has 0 radical (unpaired) electrons. The maximum atomic E-state index is 12.1. The molecule has 0 aliphatic heterocycles. The summed E-state index contributed by atoms with van der Waals surface area (Å²) in [4.78, 5) is 35.5. The quantitative estimate of drug-likeness (QED) is 0.643. The van der Waals surface area contributed by atoms with Crippen molar-refractivity contribution in [2.24, 2.45) is 0 Å². The second-order valence-corrected chi connectivity index (χ2v) is 6.94. The van der Waals surface area contributed by atoms with Crippen LogP contribution in [0.25, 0.3) is 0 Å². The van der Waals surface area contributed by atoms with Crippen LogP contribution in [0.4, 0.5) is 5.69 Å². The first-order valence-corrected chi connectivity index (χ1v) is 9.31. The van der Waals surface area contributed by atoms with E-state index in [9.17, 15) is 14.4 Å². The smallest absolute Gasteiger partial charge is 0.344 e. The number of halogens is 1. The molecule has 0 aromatic heterocycles. The van der Waals surface area contributed by atoms with Crippen LogP contribution in [-0.2, 0) is 19.1 Å². The molecule has 8 heteroatoms. The Kier molecular flexibility index (Phi) is 8.03. The summed E-state index contributed by atoms with van der Waals surface area (Å²) >= 11 is 5.76. The monoisotopic (exact) mass is 418 g/mol. The molecule has 0 unspecified atom stereocenters. The molecule has 0 bridgehead atoms. The molecule has 2 N–H and O–H groups in total. The highest BCUT2D eigenvalue weighted by Gasteiger charge is 2.12. The normalized spacial score (nSPS) is 10.2. The van der Waals surface area contributed by atoms with Crippen molar-refractivity contribution in [2.75, 3.05) is 25.1 Å². The average Bonchev–Trinajstić information content (AvgIpc) is 2.67. The van der Waals surface area contributed by atoms with E-state index in [4.69, 9.17) is 21.1 Å². The zero-order valence-electron chi connectivity index (χ0n) is 16.5. The number of esters is 1. The lowest BCUT2D eigenvalue weighted by Crippen LogP contribution is -2.36.